The Hall–Kier alpha value is -2.10. The van der Waals surface area contributed by atoms with E-state index in [2.05, 4.69) is 73.4 Å². The molecule has 2 aromatic rings. The van der Waals surface area contributed by atoms with Crippen LogP contribution in [-0.4, -0.2) is 16.5 Å². The average molecular weight is 312 g/mol. The van der Waals surface area contributed by atoms with Gasteiger partial charge in [0.05, 0.1) is 0 Å². The maximum atomic E-state index is 4.34. The first-order valence-electron chi connectivity index (χ1n) is 8.28. The van der Waals surface area contributed by atoms with E-state index >= 15 is 0 Å². The summed E-state index contributed by atoms with van der Waals surface area (Å²) in [5.74, 6) is 2.35. The molecule has 0 atom stereocenters. The summed E-state index contributed by atoms with van der Waals surface area (Å²) in [5.41, 5.74) is 2.44. The Labute approximate surface area is 139 Å². The van der Waals surface area contributed by atoms with E-state index in [0.29, 0.717) is 5.92 Å². The molecule has 0 radical (unpaired) electrons. The van der Waals surface area contributed by atoms with Crippen LogP contribution in [0.25, 0.3) is 0 Å². The van der Waals surface area contributed by atoms with Crippen molar-refractivity contribution in [2.75, 3.05) is 17.2 Å². The molecule has 4 nitrogen and oxygen atoms in total. The van der Waals surface area contributed by atoms with Gasteiger partial charge in [-0.05, 0) is 29.4 Å². The Balaban J connectivity index is 2.12. The molecule has 1 heterocycles. The van der Waals surface area contributed by atoms with E-state index in [4.69, 9.17) is 0 Å². The fourth-order valence-electron chi connectivity index (χ4n) is 2.40. The number of aromatic nitrogens is 2. The van der Waals surface area contributed by atoms with Crippen LogP contribution in [0.2, 0.25) is 0 Å². The van der Waals surface area contributed by atoms with Crippen LogP contribution in [0.1, 0.15) is 46.6 Å². The van der Waals surface area contributed by atoms with Crippen molar-refractivity contribution in [3.63, 3.8) is 0 Å². The summed E-state index contributed by atoms with van der Waals surface area (Å²) in [6.07, 6.45) is 2.72. The first-order valence-corrected chi connectivity index (χ1v) is 8.28. The minimum Gasteiger partial charge on any atom is -0.370 e. The molecule has 4 heteroatoms. The van der Waals surface area contributed by atoms with Gasteiger partial charge in [0.15, 0.2) is 0 Å². The van der Waals surface area contributed by atoms with Gasteiger partial charge in [-0.25, -0.2) is 9.97 Å². The second-order valence-electron chi connectivity index (χ2n) is 7.32. The van der Waals surface area contributed by atoms with Crippen molar-refractivity contribution in [3.05, 3.63) is 42.2 Å². The molecule has 1 aromatic heterocycles. The molecule has 0 saturated heterocycles. The molecule has 2 rings (SSSR count). The van der Waals surface area contributed by atoms with Crippen LogP contribution in [0.3, 0.4) is 0 Å². The monoisotopic (exact) mass is 312 g/mol. The van der Waals surface area contributed by atoms with E-state index in [9.17, 15) is 0 Å². The lowest BCUT2D eigenvalue weighted by atomic mass is 9.86. The van der Waals surface area contributed by atoms with Gasteiger partial charge in [0.2, 0.25) is 0 Å². The van der Waals surface area contributed by atoms with Gasteiger partial charge in [-0.15, -0.1) is 0 Å². The number of para-hydroxylation sites is 1. The standard InChI is InChI=1S/C19H28N4/c1-14(2)10-11-20-17-12-18(22-13-21-17)23-16-9-7-6-8-15(16)19(3,4)5/h6-9,12-14H,10-11H2,1-5H3,(H2,20,21,22,23). The number of nitrogens with one attached hydrogen (secondary N) is 2. The van der Waals surface area contributed by atoms with Crippen LogP contribution in [0.5, 0.6) is 0 Å². The summed E-state index contributed by atoms with van der Waals surface area (Å²) in [7, 11) is 0. The zero-order valence-electron chi connectivity index (χ0n) is 14.9. The number of anilines is 3. The molecule has 0 unspecified atom stereocenters. The molecule has 1 aromatic carbocycles. The lowest BCUT2D eigenvalue weighted by Crippen LogP contribution is -2.14. The number of hydrogen-bond donors (Lipinski definition) is 2. The van der Waals surface area contributed by atoms with Crippen molar-refractivity contribution < 1.29 is 0 Å². The predicted octanol–water partition coefficient (Wildman–Crippen LogP) is 4.98. The van der Waals surface area contributed by atoms with Crippen LogP contribution in [0.4, 0.5) is 17.3 Å². The van der Waals surface area contributed by atoms with Crippen LogP contribution in [-0.2, 0) is 5.41 Å². The highest BCUT2D eigenvalue weighted by Gasteiger charge is 2.17. The second kappa shape index (κ2) is 7.44. The summed E-state index contributed by atoms with van der Waals surface area (Å²) >= 11 is 0. The van der Waals surface area contributed by atoms with Gasteiger partial charge in [-0.3, -0.25) is 0 Å². The lowest BCUT2D eigenvalue weighted by Gasteiger charge is -2.23. The molecule has 23 heavy (non-hydrogen) atoms. The Morgan fingerprint density at radius 1 is 1.04 bits per heavy atom. The van der Waals surface area contributed by atoms with E-state index in [-0.39, 0.29) is 5.41 Å². The third kappa shape index (κ3) is 5.23. The fraction of sp³-hybridized carbons (Fsp3) is 0.474. The molecule has 0 saturated carbocycles. The smallest absolute Gasteiger partial charge is 0.135 e. The summed E-state index contributed by atoms with van der Waals surface area (Å²) in [4.78, 5) is 8.63. The molecule has 0 aliphatic carbocycles. The SMILES string of the molecule is CC(C)CCNc1cc(Nc2ccccc2C(C)(C)C)ncn1. The molecule has 0 fully saturated rings. The first kappa shape index (κ1) is 17.3. The van der Waals surface area contributed by atoms with Crippen LogP contribution in [0.15, 0.2) is 36.7 Å². The van der Waals surface area contributed by atoms with Crippen molar-refractivity contribution in [2.45, 2.75) is 46.5 Å². The topological polar surface area (TPSA) is 49.8 Å². The summed E-state index contributed by atoms with van der Waals surface area (Å²) in [6.45, 7) is 12.0. The molecule has 0 aliphatic rings. The third-order valence-corrected chi connectivity index (χ3v) is 3.69. The Kier molecular flexibility index (Phi) is 5.59. The van der Waals surface area contributed by atoms with Gasteiger partial charge < -0.3 is 10.6 Å². The first-order chi connectivity index (χ1) is 10.9. The van der Waals surface area contributed by atoms with Crippen LogP contribution < -0.4 is 10.6 Å². The van der Waals surface area contributed by atoms with Gasteiger partial charge in [-0.2, -0.15) is 0 Å². The molecule has 0 bridgehead atoms. The zero-order chi connectivity index (χ0) is 16.9. The summed E-state index contributed by atoms with van der Waals surface area (Å²) in [5, 5.41) is 6.78. The molecule has 0 amide bonds. The van der Waals surface area contributed by atoms with E-state index in [1.807, 2.05) is 12.1 Å². The maximum Gasteiger partial charge on any atom is 0.135 e. The van der Waals surface area contributed by atoms with Gasteiger partial charge in [0, 0.05) is 18.3 Å². The van der Waals surface area contributed by atoms with Gasteiger partial charge in [0.25, 0.3) is 0 Å². The maximum absolute atomic E-state index is 4.34. The van der Waals surface area contributed by atoms with E-state index in [1.165, 1.54) is 5.56 Å². The van der Waals surface area contributed by atoms with E-state index < -0.39 is 0 Å². The van der Waals surface area contributed by atoms with Gasteiger partial charge in [0.1, 0.15) is 18.0 Å². The predicted molar refractivity (Wildman–Crippen MR) is 98.4 cm³/mol. The van der Waals surface area contributed by atoms with Crippen molar-refractivity contribution >= 4 is 17.3 Å². The quantitative estimate of drug-likeness (QED) is 0.790. The fourth-order valence-corrected chi connectivity index (χ4v) is 2.40. The molecule has 124 valence electrons. The van der Waals surface area contributed by atoms with Gasteiger partial charge in [-0.1, -0.05) is 52.8 Å². The van der Waals surface area contributed by atoms with Crippen molar-refractivity contribution in [1.82, 2.24) is 9.97 Å². The number of nitrogens with zero attached hydrogens (tertiary/aromatic N) is 2. The second-order valence-corrected chi connectivity index (χ2v) is 7.32. The summed E-state index contributed by atoms with van der Waals surface area (Å²) < 4.78 is 0. The zero-order valence-corrected chi connectivity index (χ0v) is 14.9. The minimum atomic E-state index is 0.0783. The third-order valence-electron chi connectivity index (χ3n) is 3.69. The molecule has 0 spiro atoms. The highest BCUT2D eigenvalue weighted by molar-refractivity contribution is 5.63. The minimum absolute atomic E-state index is 0.0783. The summed E-state index contributed by atoms with van der Waals surface area (Å²) in [6, 6.07) is 10.3. The Morgan fingerprint density at radius 3 is 2.43 bits per heavy atom. The highest BCUT2D eigenvalue weighted by Crippen LogP contribution is 2.30. The molecular formula is C19H28N4. The van der Waals surface area contributed by atoms with Crippen molar-refractivity contribution in [1.29, 1.82) is 0 Å². The van der Waals surface area contributed by atoms with Crippen LogP contribution in [0, 0.1) is 5.92 Å². The number of rotatable bonds is 6. The normalized spacial score (nSPS) is 11.6. The molecule has 0 aliphatic heterocycles. The Bertz CT molecular complexity index is 629. The molecular weight excluding hydrogens is 284 g/mol. The van der Waals surface area contributed by atoms with Crippen molar-refractivity contribution in [3.8, 4) is 0 Å². The molecule has 2 N–H and O–H groups in total. The van der Waals surface area contributed by atoms with Crippen molar-refractivity contribution in [2.24, 2.45) is 5.92 Å². The average Bonchev–Trinajstić information content (AvgIpc) is 2.47. The van der Waals surface area contributed by atoms with Crippen LogP contribution >= 0.6 is 0 Å². The highest BCUT2D eigenvalue weighted by atomic mass is 15.1. The lowest BCUT2D eigenvalue weighted by molar-refractivity contribution is 0.592. The number of hydrogen-bond acceptors (Lipinski definition) is 4. The van der Waals surface area contributed by atoms with E-state index in [1.54, 1.807) is 6.33 Å². The Morgan fingerprint density at radius 2 is 1.74 bits per heavy atom. The van der Waals surface area contributed by atoms with E-state index in [0.717, 1.165) is 30.3 Å². The number of benzene rings is 1. The van der Waals surface area contributed by atoms with Gasteiger partial charge >= 0.3 is 0 Å². The largest absolute Gasteiger partial charge is 0.370 e.